The zero-order chi connectivity index (χ0) is 11.6. The van der Waals surface area contributed by atoms with Crippen LogP contribution in [0.4, 0.5) is 0 Å². The van der Waals surface area contributed by atoms with E-state index in [2.05, 4.69) is 32.7 Å². The van der Waals surface area contributed by atoms with Gasteiger partial charge in [0.2, 0.25) is 0 Å². The molecular formula is C12H29NO. The topological polar surface area (TPSA) is 12.5 Å². The fourth-order valence-corrected chi connectivity index (χ4v) is 1.57. The van der Waals surface area contributed by atoms with Gasteiger partial charge in [0.15, 0.2) is 0 Å². The zero-order valence-corrected chi connectivity index (χ0v) is 11.1. The number of rotatable bonds is 6. The number of hydrogen-bond donors (Lipinski definition) is 0. The van der Waals surface area contributed by atoms with Gasteiger partial charge >= 0.3 is 0 Å². The molecule has 0 aromatic carbocycles. The Morgan fingerprint density at radius 2 is 1.57 bits per heavy atom. The molecule has 0 amide bonds. The van der Waals surface area contributed by atoms with E-state index in [1.54, 1.807) is 7.11 Å². The summed E-state index contributed by atoms with van der Waals surface area (Å²) in [5.74, 6) is 1.39. The van der Waals surface area contributed by atoms with Gasteiger partial charge in [0.05, 0.1) is 0 Å². The molecule has 0 spiro atoms. The van der Waals surface area contributed by atoms with Gasteiger partial charge in [-0.15, -0.1) is 0 Å². The Balaban J connectivity index is 0. The highest BCUT2D eigenvalue weighted by Gasteiger charge is 2.06. The average molecular weight is 203 g/mol. The molecule has 0 saturated heterocycles. The van der Waals surface area contributed by atoms with Crippen LogP contribution in [0.1, 0.15) is 34.6 Å². The summed E-state index contributed by atoms with van der Waals surface area (Å²) in [6.07, 6.45) is 0. The number of methoxy groups -OCH3 is 1. The molecule has 2 nitrogen and oxygen atoms in total. The van der Waals surface area contributed by atoms with Crippen LogP contribution in [0.5, 0.6) is 0 Å². The normalized spacial score (nSPS) is 12.6. The van der Waals surface area contributed by atoms with E-state index >= 15 is 0 Å². The fourth-order valence-electron chi connectivity index (χ4n) is 1.57. The van der Waals surface area contributed by atoms with Gasteiger partial charge in [-0.1, -0.05) is 34.6 Å². The lowest BCUT2D eigenvalue weighted by Gasteiger charge is -2.22. The van der Waals surface area contributed by atoms with Crippen LogP contribution in [0.3, 0.4) is 0 Å². The lowest BCUT2D eigenvalue weighted by atomic mass is 10.1. The van der Waals surface area contributed by atoms with Crippen molar-refractivity contribution in [2.45, 2.75) is 34.6 Å². The Hall–Kier alpha value is -0.0800. The van der Waals surface area contributed by atoms with E-state index in [0.717, 1.165) is 19.1 Å². The van der Waals surface area contributed by atoms with Crippen molar-refractivity contribution < 1.29 is 4.74 Å². The van der Waals surface area contributed by atoms with Crippen molar-refractivity contribution in [1.29, 1.82) is 0 Å². The predicted octanol–water partition coefficient (Wildman–Crippen LogP) is 2.88. The van der Waals surface area contributed by atoms with Crippen molar-refractivity contribution in [3.05, 3.63) is 0 Å². The minimum absolute atomic E-state index is 0.638. The number of hydrogen-bond acceptors (Lipinski definition) is 2. The Labute approximate surface area is 90.6 Å². The summed E-state index contributed by atoms with van der Waals surface area (Å²) < 4.78 is 5.08. The van der Waals surface area contributed by atoms with Crippen LogP contribution >= 0.6 is 0 Å². The van der Waals surface area contributed by atoms with Crippen molar-refractivity contribution in [3.8, 4) is 0 Å². The first-order chi connectivity index (χ1) is 6.56. The van der Waals surface area contributed by atoms with Crippen LogP contribution in [-0.4, -0.2) is 38.8 Å². The monoisotopic (exact) mass is 203 g/mol. The average Bonchev–Trinajstić information content (AvgIpc) is 2.06. The highest BCUT2D eigenvalue weighted by Crippen LogP contribution is 2.01. The highest BCUT2D eigenvalue weighted by atomic mass is 16.5. The lowest BCUT2D eigenvalue weighted by molar-refractivity contribution is 0.134. The van der Waals surface area contributed by atoms with Crippen LogP contribution < -0.4 is 0 Å². The van der Waals surface area contributed by atoms with E-state index < -0.39 is 0 Å². The number of ether oxygens (including phenoxy) is 1. The molecule has 0 saturated carbocycles. The molecule has 1 unspecified atom stereocenters. The summed E-state index contributed by atoms with van der Waals surface area (Å²) >= 11 is 0. The van der Waals surface area contributed by atoms with Crippen molar-refractivity contribution >= 4 is 0 Å². The molecule has 0 radical (unpaired) electrons. The van der Waals surface area contributed by atoms with E-state index in [0.29, 0.717) is 5.92 Å². The largest absolute Gasteiger partial charge is 0.384 e. The van der Waals surface area contributed by atoms with Gasteiger partial charge in [0.1, 0.15) is 0 Å². The van der Waals surface area contributed by atoms with E-state index in [-0.39, 0.29) is 0 Å². The molecule has 88 valence electrons. The molecule has 14 heavy (non-hydrogen) atoms. The standard InChI is InChI=1S/C10H23NO.C2H6/c1-9(2)6-11(4)7-10(3)8-12-5;1-2/h9-10H,6-8H2,1-5H3;1-2H3. The summed E-state index contributed by atoms with van der Waals surface area (Å²) in [5, 5.41) is 0. The third-order valence-corrected chi connectivity index (χ3v) is 1.75. The highest BCUT2D eigenvalue weighted by molar-refractivity contribution is 4.59. The van der Waals surface area contributed by atoms with E-state index in [1.807, 2.05) is 13.8 Å². The van der Waals surface area contributed by atoms with E-state index in [4.69, 9.17) is 4.74 Å². The molecule has 0 aromatic rings. The molecule has 0 fully saturated rings. The molecule has 0 aliphatic carbocycles. The Morgan fingerprint density at radius 1 is 1.07 bits per heavy atom. The maximum absolute atomic E-state index is 5.08. The second-order valence-electron chi connectivity index (χ2n) is 4.18. The van der Waals surface area contributed by atoms with Crippen LogP contribution in [0.25, 0.3) is 0 Å². The third kappa shape index (κ3) is 11.9. The molecular weight excluding hydrogens is 174 g/mol. The summed E-state index contributed by atoms with van der Waals surface area (Å²) in [6, 6.07) is 0. The maximum Gasteiger partial charge on any atom is 0.0500 e. The van der Waals surface area contributed by atoms with Crippen LogP contribution in [0, 0.1) is 11.8 Å². The quantitative estimate of drug-likeness (QED) is 0.658. The number of nitrogens with zero attached hydrogens (tertiary/aromatic N) is 1. The van der Waals surface area contributed by atoms with Gasteiger partial charge in [-0.25, -0.2) is 0 Å². The van der Waals surface area contributed by atoms with Crippen molar-refractivity contribution in [1.82, 2.24) is 4.90 Å². The Morgan fingerprint density at radius 3 is 1.93 bits per heavy atom. The first-order valence-corrected chi connectivity index (χ1v) is 5.73. The third-order valence-electron chi connectivity index (χ3n) is 1.75. The molecule has 0 heterocycles. The van der Waals surface area contributed by atoms with Gasteiger partial charge < -0.3 is 9.64 Å². The summed E-state index contributed by atoms with van der Waals surface area (Å²) in [6.45, 7) is 13.9. The van der Waals surface area contributed by atoms with Crippen molar-refractivity contribution in [3.63, 3.8) is 0 Å². The maximum atomic E-state index is 5.08. The smallest absolute Gasteiger partial charge is 0.0500 e. The lowest BCUT2D eigenvalue weighted by Crippen LogP contribution is -2.29. The van der Waals surface area contributed by atoms with Crippen LogP contribution in [-0.2, 0) is 4.74 Å². The second-order valence-corrected chi connectivity index (χ2v) is 4.18. The van der Waals surface area contributed by atoms with Gasteiger partial charge in [-0.2, -0.15) is 0 Å². The first-order valence-electron chi connectivity index (χ1n) is 5.73. The molecule has 0 aromatic heterocycles. The minimum atomic E-state index is 0.638. The van der Waals surface area contributed by atoms with Crippen molar-refractivity contribution in [2.75, 3.05) is 33.9 Å². The second kappa shape index (κ2) is 11.0. The molecule has 0 aliphatic rings. The Kier molecular flexibility index (Phi) is 12.8. The van der Waals surface area contributed by atoms with Crippen molar-refractivity contribution in [2.24, 2.45) is 11.8 Å². The van der Waals surface area contributed by atoms with Gasteiger partial charge in [0.25, 0.3) is 0 Å². The minimum Gasteiger partial charge on any atom is -0.384 e. The van der Waals surface area contributed by atoms with Crippen LogP contribution in [0.2, 0.25) is 0 Å². The first kappa shape index (κ1) is 16.4. The SMILES string of the molecule is CC.COCC(C)CN(C)CC(C)C. The Bertz CT molecular complexity index is 104. The fraction of sp³-hybridized carbons (Fsp3) is 1.00. The van der Waals surface area contributed by atoms with Gasteiger partial charge in [-0.3, -0.25) is 0 Å². The van der Waals surface area contributed by atoms with E-state index in [9.17, 15) is 0 Å². The van der Waals surface area contributed by atoms with Gasteiger partial charge in [-0.05, 0) is 18.9 Å². The zero-order valence-electron chi connectivity index (χ0n) is 11.1. The molecule has 0 aliphatic heterocycles. The summed E-state index contributed by atoms with van der Waals surface area (Å²) in [7, 11) is 3.94. The molecule has 0 rings (SSSR count). The summed E-state index contributed by atoms with van der Waals surface area (Å²) in [4.78, 5) is 2.37. The molecule has 0 N–H and O–H groups in total. The van der Waals surface area contributed by atoms with E-state index in [1.165, 1.54) is 6.54 Å². The van der Waals surface area contributed by atoms with Gasteiger partial charge in [0, 0.05) is 26.8 Å². The molecule has 2 heteroatoms. The van der Waals surface area contributed by atoms with Crippen LogP contribution in [0.15, 0.2) is 0 Å². The molecule has 0 bridgehead atoms. The predicted molar refractivity (Wildman–Crippen MR) is 64.7 cm³/mol. The summed E-state index contributed by atoms with van der Waals surface area (Å²) in [5.41, 5.74) is 0. The molecule has 1 atom stereocenters.